The second kappa shape index (κ2) is 16.7. The normalized spacial score (nSPS) is 12.0. The van der Waals surface area contributed by atoms with Crippen molar-refractivity contribution in [3.05, 3.63) is 128 Å². The Morgan fingerprint density at radius 3 is 2.06 bits per heavy atom. The van der Waals surface area contributed by atoms with Crippen LogP contribution in [0.4, 0.5) is 5.69 Å². The van der Waals surface area contributed by atoms with Crippen LogP contribution in [-0.4, -0.2) is 44.3 Å². The van der Waals surface area contributed by atoms with Crippen molar-refractivity contribution >= 4 is 73.9 Å². The third-order valence-corrected chi connectivity index (χ3v) is 10.9. The summed E-state index contributed by atoms with van der Waals surface area (Å²) in [6.45, 7) is 3.37. The maximum atomic E-state index is 14.6. The Balaban J connectivity index is 1.85. The molecule has 2 amide bonds. The van der Waals surface area contributed by atoms with Crippen LogP contribution in [0.3, 0.4) is 0 Å². The molecule has 0 aliphatic heterocycles. The van der Waals surface area contributed by atoms with E-state index in [2.05, 4.69) is 5.32 Å². The number of aryl methyl sites for hydroxylation is 1. The smallest absolute Gasteiger partial charge is 0.264 e. The summed E-state index contributed by atoms with van der Waals surface area (Å²) >= 11 is 26.0. The fourth-order valence-electron chi connectivity index (χ4n) is 4.95. The first-order valence-corrected chi connectivity index (χ1v) is 18.0. The lowest BCUT2D eigenvalue weighted by molar-refractivity contribution is -0.140. The predicted octanol–water partition coefficient (Wildman–Crippen LogP) is 8.36. The highest BCUT2D eigenvalue weighted by Gasteiger charge is 2.36. The minimum atomic E-state index is -4.36. The Hall–Kier alpha value is -3.27. The zero-order chi connectivity index (χ0) is 34.1. The van der Waals surface area contributed by atoms with Crippen LogP contribution in [0, 0.1) is 6.92 Å². The number of nitrogens with one attached hydrogen (secondary N) is 1. The first-order chi connectivity index (χ1) is 22.4. The first kappa shape index (κ1) is 36.6. The van der Waals surface area contributed by atoms with Crippen LogP contribution in [0.1, 0.15) is 36.5 Å². The number of sulfonamides is 1. The summed E-state index contributed by atoms with van der Waals surface area (Å²) < 4.78 is 29.4. The van der Waals surface area contributed by atoms with Gasteiger partial charge in [0.15, 0.2) is 0 Å². The first-order valence-electron chi connectivity index (χ1n) is 15.0. The van der Waals surface area contributed by atoms with Crippen molar-refractivity contribution < 1.29 is 18.0 Å². The molecule has 4 rings (SSSR count). The molecule has 1 atom stereocenters. The van der Waals surface area contributed by atoms with Crippen LogP contribution in [0.25, 0.3) is 0 Å². The number of hydrogen-bond donors (Lipinski definition) is 1. The molecule has 0 unspecified atom stereocenters. The van der Waals surface area contributed by atoms with E-state index < -0.39 is 34.4 Å². The van der Waals surface area contributed by atoms with E-state index in [0.717, 1.165) is 28.3 Å². The van der Waals surface area contributed by atoms with Crippen LogP contribution in [0.2, 0.25) is 20.1 Å². The number of benzene rings is 4. The molecule has 12 heteroatoms. The van der Waals surface area contributed by atoms with Gasteiger partial charge >= 0.3 is 0 Å². The quantitative estimate of drug-likeness (QED) is 0.132. The average molecular weight is 736 g/mol. The zero-order valence-electron chi connectivity index (χ0n) is 25.9. The van der Waals surface area contributed by atoms with E-state index in [1.165, 1.54) is 29.2 Å². The fourth-order valence-corrected chi connectivity index (χ4v) is 7.34. The van der Waals surface area contributed by atoms with E-state index in [4.69, 9.17) is 46.4 Å². The Morgan fingerprint density at radius 1 is 0.809 bits per heavy atom. The van der Waals surface area contributed by atoms with Gasteiger partial charge in [-0.15, -0.1) is 0 Å². The monoisotopic (exact) mass is 733 g/mol. The van der Waals surface area contributed by atoms with Gasteiger partial charge in [-0.2, -0.15) is 0 Å². The molecule has 7 nitrogen and oxygen atoms in total. The Bertz CT molecular complexity index is 1790. The minimum absolute atomic E-state index is 0.0100. The molecular weight excluding hydrogens is 700 g/mol. The second-order valence-electron chi connectivity index (χ2n) is 11.0. The van der Waals surface area contributed by atoms with Crippen molar-refractivity contribution in [2.45, 2.75) is 50.6 Å². The molecule has 4 aromatic rings. The number of anilines is 1. The van der Waals surface area contributed by atoms with Crippen molar-refractivity contribution in [1.29, 1.82) is 0 Å². The molecule has 0 heterocycles. The number of carbonyl (C=O) groups is 2. The van der Waals surface area contributed by atoms with Gasteiger partial charge in [-0.25, -0.2) is 8.42 Å². The van der Waals surface area contributed by atoms with E-state index in [0.29, 0.717) is 22.2 Å². The van der Waals surface area contributed by atoms with Crippen molar-refractivity contribution in [3.8, 4) is 0 Å². The number of amides is 2. The lowest BCUT2D eigenvalue weighted by Gasteiger charge is -2.34. The summed E-state index contributed by atoms with van der Waals surface area (Å²) in [6, 6.07) is 23.9. The third-order valence-electron chi connectivity index (χ3n) is 7.58. The number of unbranched alkanes of at least 4 members (excludes halogenated alkanes) is 1. The standard InChI is InChI=1S/C35H35Cl4N3O4S/c1-3-4-20-40-35(44)32(21-25-10-6-5-7-11-25)41(22-27-28(36)12-8-13-29(27)37)33(43)23-42(31-15-9-14-30(38)34(31)39)47(45,46)26-18-16-24(2)17-19-26/h5-19,32H,3-4,20-23H2,1-2H3,(H,40,44)/t32-/m0/s1. The predicted molar refractivity (Wildman–Crippen MR) is 191 cm³/mol. The highest BCUT2D eigenvalue weighted by atomic mass is 35.5. The topological polar surface area (TPSA) is 86.8 Å². The van der Waals surface area contributed by atoms with Gasteiger partial charge in [0.05, 0.1) is 20.6 Å². The van der Waals surface area contributed by atoms with Crippen LogP contribution < -0.4 is 9.62 Å². The zero-order valence-corrected chi connectivity index (χ0v) is 29.8. The molecule has 0 spiro atoms. The van der Waals surface area contributed by atoms with Crippen LogP contribution in [0.5, 0.6) is 0 Å². The van der Waals surface area contributed by atoms with E-state index in [1.54, 1.807) is 36.4 Å². The van der Waals surface area contributed by atoms with E-state index in [1.807, 2.05) is 44.2 Å². The summed E-state index contributed by atoms with van der Waals surface area (Å²) in [4.78, 5) is 29.8. The van der Waals surface area contributed by atoms with Gasteiger partial charge in [-0.05, 0) is 55.3 Å². The molecule has 47 heavy (non-hydrogen) atoms. The summed E-state index contributed by atoms with van der Waals surface area (Å²) in [5.74, 6) is -1.08. The molecule has 0 aliphatic rings. The van der Waals surface area contributed by atoms with Crippen molar-refractivity contribution in [3.63, 3.8) is 0 Å². The number of halogens is 4. The highest BCUT2D eigenvalue weighted by Crippen LogP contribution is 2.36. The fraction of sp³-hybridized carbons (Fsp3) is 0.257. The number of rotatable bonds is 14. The molecule has 0 saturated carbocycles. The number of nitrogens with zero attached hydrogens (tertiary/aromatic N) is 2. The van der Waals surface area contributed by atoms with Gasteiger partial charge in [-0.3, -0.25) is 13.9 Å². The molecule has 0 saturated heterocycles. The maximum absolute atomic E-state index is 14.6. The van der Waals surface area contributed by atoms with Crippen molar-refractivity contribution in [1.82, 2.24) is 10.2 Å². The van der Waals surface area contributed by atoms with Gasteiger partial charge in [0.1, 0.15) is 12.6 Å². The van der Waals surface area contributed by atoms with Crippen molar-refractivity contribution in [2.24, 2.45) is 0 Å². The summed E-state index contributed by atoms with van der Waals surface area (Å²) in [6.07, 6.45) is 1.74. The van der Waals surface area contributed by atoms with Gasteiger partial charge < -0.3 is 10.2 Å². The third kappa shape index (κ3) is 9.21. The van der Waals surface area contributed by atoms with Crippen LogP contribution >= 0.6 is 46.4 Å². The Kier molecular flexibility index (Phi) is 13.0. The molecule has 0 fully saturated rings. The van der Waals surface area contributed by atoms with E-state index in [-0.39, 0.29) is 33.6 Å². The Labute approximate surface area is 296 Å². The van der Waals surface area contributed by atoms with Gasteiger partial charge in [-0.1, -0.05) is 120 Å². The molecule has 0 aromatic heterocycles. The number of hydrogen-bond acceptors (Lipinski definition) is 4. The van der Waals surface area contributed by atoms with Gasteiger partial charge in [0.25, 0.3) is 10.0 Å². The van der Waals surface area contributed by atoms with Gasteiger partial charge in [0.2, 0.25) is 11.8 Å². The average Bonchev–Trinajstić information content (AvgIpc) is 3.05. The molecule has 1 N–H and O–H groups in total. The second-order valence-corrected chi connectivity index (χ2v) is 14.4. The molecule has 0 aliphatic carbocycles. The summed E-state index contributed by atoms with van der Waals surface area (Å²) in [7, 11) is -4.36. The maximum Gasteiger partial charge on any atom is 0.264 e. The Morgan fingerprint density at radius 2 is 1.43 bits per heavy atom. The molecule has 4 aromatic carbocycles. The highest BCUT2D eigenvalue weighted by molar-refractivity contribution is 7.92. The lowest BCUT2D eigenvalue weighted by atomic mass is 10.0. The van der Waals surface area contributed by atoms with Crippen molar-refractivity contribution in [2.75, 3.05) is 17.4 Å². The SMILES string of the molecule is CCCCNC(=O)[C@H](Cc1ccccc1)N(Cc1c(Cl)cccc1Cl)C(=O)CN(c1cccc(Cl)c1Cl)S(=O)(=O)c1ccc(C)cc1. The summed E-state index contributed by atoms with van der Waals surface area (Å²) in [5, 5.41) is 3.60. The minimum Gasteiger partial charge on any atom is -0.354 e. The molecule has 248 valence electrons. The number of carbonyl (C=O) groups excluding carboxylic acids is 2. The molecule has 0 bridgehead atoms. The van der Waals surface area contributed by atoms with Crippen LogP contribution in [0.15, 0.2) is 95.9 Å². The van der Waals surface area contributed by atoms with E-state index >= 15 is 0 Å². The van der Waals surface area contributed by atoms with E-state index in [9.17, 15) is 18.0 Å². The van der Waals surface area contributed by atoms with Gasteiger partial charge in [0, 0.05) is 35.1 Å². The molecular formula is C35H35Cl4N3O4S. The molecule has 0 radical (unpaired) electrons. The largest absolute Gasteiger partial charge is 0.354 e. The lowest BCUT2D eigenvalue weighted by Crippen LogP contribution is -2.53. The van der Waals surface area contributed by atoms with Crippen LogP contribution in [-0.2, 0) is 32.6 Å². The summed E-state index contributed by atoms with van der Waals surface area (Å²) in [5.41, 5.74) is 2.08.